The molecule has 0 aliphatic carbocycles. The molecular weight excluding hydrogens is 513 g/mol. The number of fused-ring (bicyclic) bond motifs is 2. The molecule has 0 atom stereocenters. The molecule has 3 heterocycles. The summed E-state index contributed by atoms with van der Waals surface area (Å²) in [6, 6.07) is 18.0. The highest BCUT2D eigenvalue weighted by Crippen LogP contribution is 2.25. The summed E-state index contributed by atoms with van der Waals surface area (Å²) in [6.45, 7) is 0.939. The number of aromatic nitrogens is 3. The minimum absolute atomic E-state index is 0.445. The molecule has 0 spiro atoms. The Labute approximate surface area is 214 Å². The largest absolute Gasteiger partial charge is 0.276 e. The van der Waals surface area contributed by atoms with Crippen molar-refractivity contribution in [2.75, 3.05) is 18.5 Å². The highest BCUT2D eigenvalue weighted by Gasteiger charge is 2.15. The lowest BCUT2D eigenvalue weighted by molar-refractivity contribution is 0.744. The molecule has 0 radical (unpaired) electrons. The third-order valence-electron chi connectivity index (χ3n) is 5.03. The number of nitrogens with zero attached hydrogens (tertiary/aromatic N) is 6. The average Bonchev–Trinajstić information content (AvgIpc) is 3.00. The van der Waals surface area contributed by atoms with Crippen LogP contribution in [0.1, 0.15) is 0 Å². The Morgan fingerprint density at radius 1 is 0.853 bits per heavy atom. The first-order valence-electron chi connectivity index (χ1n) is 10.2. The molecule has 2 aromatic heterocycles. The summed E-state index contributed by atoms with van der Waals surface area (Å²) < 4.78 is 4.07. The molecule has 2 aromatic carbocycles. The van der Waals surface area contributed by atoms with E-state index in [1.54, 1.807) is 41.1 Å². The highest BCUT2D eigenvalue weighted by atomic mass is 35.5. The summed E-state index contributed by atoms with van der Waals surface area (Å²) in [5.41, 5.74) is 5.45. The molecule has 0 fully saturated rings. The zero-order valence-electron chi connectivity index (χ0n) is 17.5. The van der Waals surface area contributed by atoms with Gasteiger partial charge in [0.1, 0.15) is 5.82 Å². The second-order valence-electron chi connectivity index (χ2n) is 7.22. The number of nitrogens with one attached hydrogen (secondary N) is 1. The average molecular weight is 529 g/mol. The van der Waals surface area contributed by atoms with Crippen molar-refractivity contribution < 1.29 is 0 Å². The van der Waals surface area contributed by atoms with Crippen LogP contribution in [0.3, 0.4) is 0 Å². The molecule has 0 amide bonds. The fraction of sp³-hybridized carbons (Fsp3) is 0.0870. The maximum absolute atomic E-state index is 6.34. The first-order chi connectivity index (χ1) is 16.5. The van der Waals surface area contributed by atoms with Gasteiger partial charge in [-0.2, -0.15) is 5.10 Å². The van der Waals surface area contributed by atoms with E-state index in [9.17, 15) is 0 Å². The maximum Gasteiger partial charge on any atom is 0.193 e. The Morgan fingerprint density at radius 2 is 1.56 bits per heavy atom. The van der Waals surface area contributed by atoms with E-state index in [1.165, 1.54) is 0 Å². The zero-order chi connectivity index (χ0) is 23.7. The fourth-order valence-corrected chi connectivity index (χ4v) is 4.34. The molecule has 0 saturated carbocycles. The van der Waals surface area contributed by atoms with E-state index in [4.69, 9.17) is 57.0 Å². The Bertz CT molecular complexity index is 1630. The smallest absolute Gasteiger partial charge is 0.193 e. The number of hydrogen-bond acceptors (Lipinski definition) is 6. The number of anilines is 1. The standard InChI is InChI=1S/C23H16Cl3N7S/c24-14-4-7-16(8-5-14)32-21-20(31-30-18-13-15(25)6-9-17(18)26)22(29-12-11-28-21)33(23(32)34)19-3-1-2-10-27-19/h1-10,13,30H,11-12H2/b31-20-. The first-order valence-corrected chi connectivity index (χ1v) is 11.8. The van der Waals surface area contributed by atoms with Gasteiger partial charge in [-0.1, -0.05) is 40.9 Å². The van der Waals surface area contributed by atoms with Crippen LogP contribution in [-0.4, -0.2) is 27.2 Å². The lowest BCUT2D eigenvalue weighted by atomic mass is 10.3. The Balaban J connectivity index is 1.88. The molecule has 7 nitrogen and oxygen atoms in total. The van der Waals surface area contributed by atoms with Crippen LogP contribution in [-0.2, 0) is 0 Å². The van der Waals surface area contributed by atoms with Crippen molar-refractivity contribution >= 4 is 52.7 Å². The molecule has 34 heavy (non-hydrogen) atoms. The third-order valence-corrected chi connectivity index (χ3v) is 6.21. The van der Waals surface area contributed by atoms with Gasteiger partial charge in [0.15, 0.2) is 21.1 Å². The van der Waals surface area contributed by atoms with E-state index in [0.717, 1.165) is 5.69 Å². The number of benzene rings is 2. The molecule has 5 rings (SSSR count). The second kappa shape index (κ2) is 9.68. The molecule has 1 N–H and O–H groups in total. The maximum atomic E-state index is 6.34. The van der Waals surface area contributed by atoms with Gasteiger partial charge in [-0.3, -0.25) is 24.5 Å². The van der Waals surface area contributed by atoms with Crippen LogP contribution in [0.15, 0.2) is 81.9 Å². The summed E-state index contributed by atoms with van der Waals surface area (Å²) >= 11 is 24.6. The summed E-state index contributed by atoms with van der Waals surface area (Å²) in [6.07, 6.45) is 1.70. The molecule has 1 aliphatic heterocycles. The molecule has 4 aromatic rings. The van der Waals surface area contributed by atoms with Crippen molar-refractivity contribution in [3.8, 4) is 11.5 Å². The normalized spacial score (nSPS) is 13.1. The van der Waals surface area contributed by atoms with Crippen molar-refractivity contribution in [2.45, 2.75) is 0 Å². The quantitative estimate of drug-likeness (QED) is 0.312. The van der Waals surface area contributed by atoms with E-state index in [2.05, 4.69) is 15.5 Å². The van der Waals surface area contributed by atoms with Crippen LogP contribution in [0.4, 0.5) is 5.69 Å². The minimum Gasteiger partial charge on any atom is -0.276 e. The number of pyridine rings is 1. The molecule has 0 saturated heterocycles. The zero-order valence-corrected chi connectivity index (χ0v) is 20.6. The predicted octanol–water partition coefficient (Wildman–Crippen LogP) is 4.53. The summed E-state index contributed by atoms with van der Waals surface area (Å²) in [5.74, 6) is 0.611. The molecular formula is C23H16Cl3N7S. The fourth-order valence-electron chi connectivity index (χ4n) is 3.51. The van der Waals surface area contributed by atoms with E-state index >= 15 is 0 Å². The number of hydrogen-bond donors (Lipinski definition) is 1. The Morgan fingerprint density at radius 3 is 2.26 bits per heavy atom. The van der Waals surface area contributed by atoms with Gasteiger partial charge in [0, 0.05) is 16.2 Å². The van der Waals surface area contributed by atoms with Crippen LogP contribution in [0.5, 0.6) is 0 Å². The van der Waals surface area contributed by atoms with Crippen molar-refractivity contribution in [1.82, 2.24) is 14.1 Å². The number of rotatable bonds is 4. The van der Waals surface area contributed by atoms with Gasteiger partial charge in [0.2, 0.25) is 0 Å². The van der Waals surface area contributed by atoms with Crippen molar-refractivity contribution in [3.63, 3.8) is 0 Å². The van der Waals surface area contributed by atoms with Crippen LogP contribution >= 0.6 is 47.0 Å². The highest BCUT2D eigenvalue weighted by molar-refractivity contribution is 7.71. The Hall–Kier alpha value is -3.04. The lowest BCUT2D eigenvalue weighted by Gasteiger charge is -2.14. The van der Waals surface area contributed by atoms with Crippen LogP contribution < -0.4 is 21.8 Å². The Kier molecular flexibility index (Phi) is 6.47. The summed E-state index contributed by atoms with van der Waals surface area (Å²) in [5, 5.41) is 6.78. The van der Waals surface area contributed by atoms with Gasteiger partial charge in [-0.25, -0.2) is 4.98 Å². The minimum atomic E-state index is 0.445. The third kappa shape index (κ3) is 4.37. The molecule has 2 bridgehead atoms. The van der Waals surface area contributed by atoms with Crippen molar-refractivity contribution in [2.24, 2.45) is 15.1 Å². The van der Waals surface area contributed by atoms with Gasteiger partial charge in [-0.15, -0.1) is 0 Å². The molecule has 170 valence electrons. The van der Waals surface area contributed by atoms with Crippen molar-refractivity contribution in [3.05, 3.63) is 103 Å². The summed E-state index contributed by atoms with van der Waals surface area (Å²) in [4.78, 5) is 14.0. The number of halogens is 3. The lowest BCUT2D eigenvalue weighted by Crippen LogP contribution is -2.51. The first kappa shape index (κ1) is 22.7. The van der Waals surface area contributed by atoms with E-state index in [0.29, 0.717) is 60.8 Å². The van der Waals surface area contributed by atoms with E-state index in [-0.39, 0.29) is 0 Å². The van der Waals surface area contributed by atoms with Crippen LogP contribution in [0.25, 0.3) is 11.5 Å². The van der Waals surface area contributed by atoms with E-state index < -0.39 is 0 Å². The van der Waals surface area contributed by atoms with Crippen molar-refractivity contribution in [1.29, 1.82) is 0 Å². The topological polar surface area (TPSA) is 71.9 Å². The van der Waals surface area contributed by atoms with Gasteiger partial charge in [0.05, 0.1) is 29.5 Å². The van der Waals surface area contributed by atoms with Gasteiger partial charge >= 0.3 is 0 Å². The summed E-state index contributed by atoms with van der Waals surface area (Å²) in [7, 11) is 0. The molecule has 11 heteroatoms. The van der Waals surface area contributed by atoms with Gasteiger partial charge < -0.3 is 0 Å². The predicted molar refractivity (Wildman–Crippen MR) is 136 cm³/mol. The SMILES string of the molecule is S=c1n(-c2ccc(Cl)cc2)c2/c(=N/Nc3cc(Cl)ccc3Cl)c(n1-c1ccccn1)=NCCN=2. The van der Waals surface area contributed by atoms with Gasteiger partial charge in [0.25, 0.3) is 0 Å². The van der Waals surface area contributed by atoms with E-state index in [1.807, 2.05) is 34.9 Å². The van der Waals surface area contributed by atoms with Crippen LogP contribution in [0.2, 0.25) is 15.1 Å². The second-order valence-corrected chi connectivity index (χ2v) is 8.87. The van der Waals surface area contributed by atoms with Gasteiger partial charge in [-0.05, 0) is 66.8 Å². The molecule has 1 aliphatic rings. The van der Waals surface area contributed by atoms with Crippen LogP contribution in [0, 0.1) is 4.77 Å². The monoisotopic (exact) mass is 527 g/mol. The molecule has 0 unspecified atom stereocenters.